The van der Waals surface area contributed by atoms with Crippen molar-refractivity contribution < 1.29 is 9.13 Å². The Morgan fingerprint density at radius 3 is 2.82 bits per heavy atom. The standard InChI is InChI=1S/C23H27FN8O/c1-15-10-21(28-27-16(15)2)26-22-12-19-11-17(4-8-32(19)29-22)23-20(13-25-30(23)3)33-14-18-5-7-31(18)9-6-24/h4,8,10-13,18H,5-7,9,14H2,1-3H3,(H,26,28,29)/t18-/m1/s1. The molecule has 0 amide bonds. The smallest absolute Gasteiger partial charge is 0.165 e. The average molecular weight is 451 g/mol. The Morgan fingerprint density at radius 1 is 1.18 bits per heavy atom. The van der Waals surface area contributed by atoms with Crippen LogP contribution in [0.3, 0.4) is 0 Å². The summed E-state index contributed by atoms with van der Waals surface area (Å²) in [4.78, 5) is 2.11. The van der Waals surface area contributed by atoms with Crippen molar-refractivity contribution in [2.75, 3.05) is 31.7 Å². The molecule has 1 aliphatic rings. The van der Waals surface area contributed by atoms with Crippen LogP contribution in [0.5, 0.6) is 5.75 Å². The van der Waals surface area contributed by atoms with E-state index in [9.17, 15) is 4.39 Å². The number of alkyl halides is 1. The Labute approximate surface area is 191 Å². The molecule has 172 valence electrons. The van der Waals surface area contributed by atoms with E-state index in [0.717, 1.165) is 46.7 Å². The zero-order chi connectivity index (χ0) is 22.9. The van der Waals surface area contributed by atoms with Crippen LogP contribution in [0.2, 0.25) is 0 Å². The summed E-state index contributed by atoms with van der Waals surface area (Å²) in [5.41, 5.74) is 4.76. The van der Waals surface area contributed by atoms with Crippen molar-refractivity contribution in [2.24, 2.45) is 7.05 Å². The molecule has 0 saturated carbocycles. The molecule has 0 spiro atoms. The third-order valence-electron chi connectivity index (χ3n) is 6.20. The van der Waals surface area contributed by atoms with E-state index >= 15 is 0 Å². The van der Waals surface area contributed by atoms with Crippen molar-refractivity contribution in [3.8, 4) is 17.0 Å². The quantitative estimate of drug-likeness (QED) is 0.441. The van der Waals surface area contributed by atoms with Gasteiger partial charge in [-0.1, -0.05) is 0 Å². The van der Waals surface area contributed by atoms with Gasteiger partial charge in [-0.2, -0.15) is 15.3 Å². The number of anilines is 2. The predicted octanol–water partition coefficient (Wildman–Crippen LogP) is 3.31. The van der Waals surface area contributed by atoms with E-state index in [1.807, 2.05) is 56.0 Å². The third kappa shape index (κ3) is 4.25. The summed E-state index contributed by atoms with van der Waals surface area (Å²) >= 11 is 0. The number of rotatable bonds is 8. The largest absolute Gasteiger partial charge is 0.488 e. The first-order valence-electron chi connectivity index (χ1n) is 11.0. The molecule has 4 aromatic rings. The van der Waals surface area contributed by atoms with E-state index in [0.29, 0.717) is 24.8 Å². The van der Waals surface area contributed by atoms with Crippen molar-refractivity contribution in [1.82, 2.24) is 34.5 Å². The number of halogens is 1. The van der Waals surface area contributed by atoms with Crippen molar-refractivity contribution in [1.29, 1.82) is 0 Å². The first-order valence-corrected chi connectivity index (χ1v) is 11.0. The Bertz CT molecular complexity index is 1280. The third-order valence-corrected chi connectivity index (χ3v) is 6.20. The van der Waals surface area contributed by atoms with Gasteiger partial charge >= 0.3 is 0 Å². The van der Waals surface area contributed by atoms with Crippen LogP contribution in [-0.2, 0) is 7.05 Å². The molecule has 0 unspecified atom stereocenters. The lowest BCUT2D eigenvalue weighted by molar-refractivity contribution is 0.0459. The number of ether oxygens (including phenoxy) is 1. The van der Waals surface area contributed by atoms with Gasteiger partial charge in [0.25, 0.3) is 0 Å². The Balaban J connectivity index is 1.36. The molecule has 1 aliphatic heterocycles. The van der Waals surface area contributed by atoms with Gasteiger partial charge in [0.1, 0.15) is 19.0 Å². The number of aromatic nitrogens is 6. The molecule has 5 heterocycles. The van der Waals surface area contributed by atoms with Crippen molar-refractivity contribution >= 4 is 17.2 Å². The highest BCUT2D eigenvalue weighted by atomic mass is 19.1. The lowest BCUT2D eigenvalue weighted by Gasteiger charge is -2.39. The predicted molar refractivity (Wildman–Crippen MR) is 124 cm³/mol. The van der Waals surface area contributed by atoms with Gasteiger partial charge in [0.05, 0.1) is 17.4 Å². The first-order chi connectivity index (χ1) is 16.0. The molecule has 4 aromatic heterocycles. The van der Waals surface area contributed by atoms with Crippen molar-refractivity contribution in [3.63, 3.8) is 0 Å². The number of nitrogens with one attached hydrogen (secondary N) is 1. The van der Waals surface area contributed by atoms with Gasteiger partial charge in [-0.3, -0.25) is 9.58 Å². The normalized spacial score (nSPS) is 16.2. The second-order valence-electron chi connectivity index (χ2n) is 8.40. The van der Waals surface area contributed by atoms with Crippen LogP contribution in [0.15, 0.2) is 36.7 Å². The molecule has 33 heavy (non-hydrogen) atoms. The molecule has 9 nitrogen and oxygen atoms in total. The summed E-state index contributed by atoms with van der Waals surface area (Å²) in [6.45, 7) is 5.53. The van der Waals surface area contributed by atoms with Crippen LogP contribution < -0.4 is 10.1 Å². The maximum Gasteiger partial charge on any atom is 0.165 e. The summed E-state index contributed by atoms with van der Waals surface area (Å²) in [7, 11) is 1.90. The average Bonchev–Trinajstić information content (AvgIpc) is 3.35. The van der Waals surface area contributed by atoms with Gasteiger partial charge in [0.15, 0.2) is 17.4 Å². The van der Waals surface area contributed by atoms with Crippen LogP contribution >= 0.6 is 0 Å². The van der Waals surface area contributed by atoms with Gasteiger partial charge in [-0.25, -0.2) is 8.91 Å². The van der Waals surface area contributed by atoms with E-state index in [1.54, 1.807) is 10.7 Å². The van der Waals surface area contributed by atoms with Gasteiger partial charge in [-0.05, 0) is 44.0 Å². The highest BCUT2D eigenvalue weighted by molar-refractivity contribution is 5.72. The number of nitrogens with zero attached hydrogens (tertiary/aromatic N) is 7. The molecule has 10 heteroatoms. The molecule has 0 aliphatic carbocycles. The number of likely N-dealkylation sites (tertiary alicyclic amines) is 1. The number of aryl methyl sites for hydroxylation is 3. The van der Waals surface area contributed by atoms with Crippen LogP contribution in [0.4, 0.5) is 16.0 Å². The van der Waals surface area contributed by atoms with Crippen molar-refractivity contribution in [3.05, 3.63) is 47.9 Å². The Morgan fingerprint density at radius 2 is 2.06 bits per heavy atom. The molecular weight excluding hydrogens is 423 g/mol. The van der Waals surface area contributed by atoms with Crippen LogP contribution in [-0.4, -0.2) is 66.9 Å². The van der Waals surface area contributed by atoms with E-state index in [4.69, 9.17) is 4.74 Å². The monoisotopic (exact) mass is 450 g/mol. The van der Waals surface area contributed by atoms with Crippen LogP contribution in [0.25, 0.3) is 16.8 Å². The maximum atomic E-state index is 12.7. The lowest BCUT2D eigenvalue weighted by Crippen LogP contribution is -2.51. The molecule has 0 radical (unpaired) electrons. The summed E-state index contributed by atoms with van der Waals surface area (Å²) in [5, 5.41) is 20.5. The lowest BCUT2D eigenvalue weighted by atomic mass is 10.0. The molecule has 0 aromatic carbocycles. The maximum absolute atomic E-state index is 12.7. The fourth-order valence-electron chi connectivity index (χ4n) is 4.07. The Kier molecular flexibility index (Phi) is 5.67. The fraction of sp³-hybridized carbons (Fsp3) is 0.391. The minimum atomic E-state index is -0.326. The second-order valence-corrected chi connectivity index (χ2v) is 8.40. The molecule has 1 N–H and O–H groups in total. The van der Waals surface area contributed by atoms with E-state index in [1.165, 1.54) is 0 Å². The van der Waals surface area contributed by atoms with E-state index in [-0.39, 0.29) is 12.7 Å². The van der Waals surface area contributed by atoms with Crippen LogP contribution in [0, 0.1) is 13.8 Å². The highest BCUT2D eigenvalue weighted by Gasteiger charge is 2.28. The first kappa shape index (κ1) is 21.3. The molecular formula is C23H27FN8O. The van der Waals surface area contributed by atoms with Gasteiger partial charge < -0.3 is 10.1 Å². The molecule has 5 rings (SSSR count). The molecule has 1 saturated heterocycles. The molecule has 1 atom stereocenters. The summed E-state index contributed by atoms with van der Waals surface area (Å²) in [6.07, 6.45) is 4.67. The molecule has 0 bridgehead atoms. The second kappa shape index (κ2) is 8.78. The van der Waals surface area contributed by atoms with Gasteiger partial charge in [0, 0.05) is 44.0 Å². The van der Waals surface area contributed by atoms with E-state index in [2.05, 4.69) is 30.6 Å². The number of fused-ring (bicyclic) bond motifs is 1. The highest BCUT2D eigenvalue weighted by Crippen LogP contribution is 2.31. The fourth-order valence-corrected chi connectivity index (χ4v) is 4.07. The van der Waals surface area contributed by atoms with Gasteiger partial charge in [0.2, 0.25) is 0 Å². The summed E-state index contributed by atoms with van der Waals surface area (Å²) < 4.78 is 22.4. The summed E-state index contributed by atoms with van der Waals surface area (Å²) in [5.74, 6) is 2.06. The summed E-state index contributed by atoms with van der Waals surface area (Å²) in [6, 6.07) is 8.21. The number of hydrogen-bond donors (Lipinski definition) is 1. The SMILES string of the molecule is Cc1cc(Nc2cc3cc(-c4c(OC[C@H]5CCN5CCF)cnn4C)ccn3n2)nnc1C. The van der Waals surface area contributed by atoms with Gasteiger partial charge in [-0.15, -0.1) is 5.10 Å². The Hall–Kier alpha value is -3.53. The topological polar surface area (TPSA) is 85.4 Å². The number of pyridine rings is 1. The number of hydrogen-bond acceptors (Lipinski definition) is 7. The molecule has 1 fully saturated rings. The van der Waals surface area contributed by atoms with Crippen molar-refractivity contribution in [2.45, 2.75) is 26.3 Å². The van der Waals surface area contributed by atoms with Crippen LogP contribution in [0.1, 0.15) is 17.7 Å². The zero-order valence-electron chi connectivity index (χ0n) is 19.0. The zero-order valence-corrected chi connectivity index (χ0v) is 19.0. The van der Waals surface area contributed by atoms with E-state index < -0.39 is 0 Å². The minimum Gasteiger partial charge on any atom is -0.488 e. The minimum absolute atomic E-state index is 0.258.